The summed E-state index contributed by atoms with van der Waals surface area (Å²) in [7, 11) is 0. The van der Waals surface area contributed by atoms with Gasteiger partial charge < -0.3 is 9.47 Å². The van der Waals surface area contributed by atoms with Crippen LogP contribution in [0.1, 0.15) is 82.0 Å². The van der Waals surface area contributed by atoms with Crippen LogP contribution in [0.2, 0.25) is 0 Å². The molecule has 1 aromatic rings. The van der Waals surface area contributed by atoms with Gasteiger partial charge in [0.05, 0.1) is 6.61 Å². The number of esters is 2. The minimum atomic E-state index is -0.251. The number of carbonyl (C=O) groups is 3. The number of benzene rings is 1. The molecule has 144 valence electrons. The molecule has 0 atom stereocenters. The van der Waals surface area contributed by atoms with Crippen LogP contribution in [-0.2, 0) is 14.3 Å². The standard InChI is InChI=1S/C21H30O5/c1-3-16-25-20(23)10-8-6-4-5-7-9-11-21(24)26-19-14-12-18(13-15-19)17(2)22/h12-15H,3-11,16H2,1-2H3. The van der Waals surface area contributed by atoms with E-state index in [2.05, 4.69) is 0 Å². The number of hydrogen-bond acceptors (Lipinski definition) is 5. The zero-order valence-electron chi connectivity index (χ0n) is 15.9. The third-order valence-corrected chi connectivity index (χ3v) is 3.97. The summed E-state index contributed by atoms with van der Waals surface area (Å²) in [4.78, 5) is 34.3. The first-order valence-electron chi connectivity index (χ1n) is 9.50. The Balaban J connectivity index is 2.03. The molecule has 0 amide bonds. The number of ketones is 1. The van der Waals surface area contributed by atoms with Crippen LogP contribution in [0.5, 0.6) is 5.75 Å². The molecule has 0 saturated heterocycles. The van der Waals surface area contributed by atoms with Crippen molar-refractivity contribution in [2.45, 2.75) is 71.6 Å². The van der Waals surface area contributed by atoms with Gasteiger partial charge >= 0.3 is 11.9 Å². The SMILES string of the molecule is CCCOC(=O)CCCCCCCCC(=O)Oc1ccc(C(C)=O)cc1. The van der Waals surface area contributed by atoms with E-state index in [1.807, 2.05) is 6.92 Å². The van der Waals surface area contributed by atoms with Gasteiger partial charge in [0.1, 0.15) is 5.75 Å². The second kappa shape index (κ2) is 13.1. The van der Waals surface area contributed by atoms with E-state index in [0.717, 1.165) is 44.9 Å². The Morgan fingerprint density at radius 1 is 0.808 bits per heavy atom. The second-order valence-corrected chi connectivity index (χ2v) is 6.40. The highest BCUT2D eigenvalue weighted by Crippen LogP contribution is 2.15. The summed E-state index contributed by atoms with van der Waals surface area (Å²) in [6.45, 7) is 3.99. The average molecular weight is 362 g/mol. The second-order valence-electron chi connectivity index (χ2n) is 6.40. The zero-order valence-corrected chi connectivity index (χ0v) is 15.9. The van der Waals surface area contributed by atoms with Crippen molar-refractivity contribution in [1.29, 1.82) is 0 Å². The Morgan fingerprint density at radius 3 is 1.88 bits per heavy atom. The molecule has 5 heteroatoms. The van der Waals surface area contributed by atoms with Crippen LogP contribution in [0.4, 0.5) is 0 Å². The smallest absolute Gasteiger partial charge is 0.311 e. The summed E-state index contributed by atoms with van der Waals surface area (Å²) in [5.41, 5.74) is 0.600. The van der Waals surface area contributed by atoms with Crippen LogP contribution in [0.3, 0.4) is 0 Å². The fourth-order valence-corrected chi connectivity index (χ4v) is 2.47. The van der Waals surface area contributed by atoms with Gasteiger partial charge in [0.25, 0.3) is 0 Å². The molecule has 1 rings (SSSR count). The maximum atomic E-state index is 11.8. The lowest BCUT2D eigenvalue weighted by atomic mass is 10.1. The van der Waals surface area contributed by atoms with E-state index in [4.69, 9.17) is 9.47 Å². The summed E-state index contributed by atoms with van der Waals surface area (Å²) in [6.07, 6.45) is 7.48. The number of unbranched alkanes of at least 4 members (excludes halogenated alkanes) is 5. The number of carbonyl (C=O) groups excluding carboxylic acids is 3. The van der Waals surface area contributed by atoms with E-state index in [1.54, 1.807) is 24.3 Å². The van der Waals surface area contributed by atoms with Gasteiger partial charge in [-0.3, -0.25) is 14.4 Å². The lowest BCUT2D eigenvalue weighted by Gasteiger charge is -2.05. The summed E-state index contributed by atoms with van der Waals surface area (Å²) < 4.78 is 10.3. The maximum Gasteiger partial charge on any atom is 0.311 e. The van der Waals surface area contributed by atoms with Crippen LogP contribution < -0.4 is 4.74 Å². The van der Waals surface area contributed by atoms with E-state index >= 15 is 0 Å². The van der Waals surface area contributed by atoms with Crippen molar-refractivity contribution in [2.75, 3.05) is 6.61 Å². The maximum absolute atomic E-state index is 11.8. The molecule has 26 heavy (non-hydrogen) atoms. The van der Waals surface area contributed by atoms with Crippen LogP contribution in [0, 0.1) is 0 Å². The van der Waals surface area contributed by atoms with Gasteiger partial charge in [0.15, 0.2) is 5.78 Å². The molecule has 0 aromatic heterocycles. The first-order valence-corrected chi connectivity index (χ1v) is 9.50. The van der Waals surface area contributed by atoms with E-state index in [9.17, 15) is 14.4 Å². The highest BCUT2D eigenvalue weighted by atomic mass is 16.5. The van der Waals surface area contributed by atoms with Gasteiger partial charge in [0.2, 0.25) is 0 Å². The number of rotatable bonds is 13. The van der Waals surface area contributed by atoms with Crippen molar-refractivity contribution < 1.29 is 23.9 Å². The average Bonchev–Trinajstić information content (AvgIpc) is 2.62. The molecule has 0 aliphatic heterocycles. The normalized spacial score (nSPS) is 10.4. The number of ether oxygens (including phenoxy) is 2. The van der Waals surface area contributed by atoms with Crippen molar-refractivity contribution in [3.8, 4) is 5.75 Å². The quantitative estimate of drug-likeness (QED) is 0.217. The largest absolute Gasteiger partial charge is 0.466 e. The summed E-state index contributed by atoms with van der Waals surface area (Å²) in [5, 5.41) is 0. The Kier molecular flexibility index (Phi) is 11.0. The lowest BCUT2D eigenvalue weighted by Crippen LogP contribution is -2.07. The molecule has 0 unspecified atom stereocenters. The van der Waals surface area contributed by atoms with Crippen LogP contribution in [0.25, 0.3) is 0 Å². The topological polar surface area (TPSA) is 69.7 Å². The van der Waals surface area contributed by atoms with E-state index in [0.29, 0.717) is 30.8 Å². The Morgan fingerprint density at radius 2 is 1.35 bits per heavy atom. The predicted octanol–water partition coefficient (Wildman–Crippen LogP) is 4.87. The molecule has 0 fully saturated rings. The molecule has 0 heterocycles. The van der Waals surface area contributed by atoms with Crippen molar-refractivity contribution in [1.82, 2.24) is 0 Å². The molecule has 0 radical (unpaired) electrons. The highest BCUT2D eigenvalue weighted by molar-refractivity contribution is 5.94. The fraction of sp³-hybridized carbons (Fsp3) is 0.571. The molecular weight excluding hydrogens is 332 g/mol. The number of Topliss-reactive ketones (excluding diaryl/α,β-unsaturated/α-hetero) is 1. The summed E-state index contributed by atoms with van der Waals surface area (Å²) >= 11 is 0. The molecule has 0 aliphatic carbocycles. The van der Waals surface area contributed by atoms with Gasteiger partial charge in [-0.25, -0.2) is 0 Å². The molecular formula is C21H30O5. The van der Waals surface area contributed by atoms with Crippen LogP contribution in [-0.4, -0.2) is 24.3 Å². The van der Waals surface area contributed by atoms with Crippen LogP contribution >= 0.6 is 0 Å². The van der Waals surface area contributed by atoms with Gasteiger partial charge in [-0.1, -0.05) is 32.6 Å². The predicted molar refractivity (Wildman–Crippen MR) is 100 cm³/mol. The molecule has 0 aliphatic rings. The van der Waals surface area contributed by atoms with Crippen LogP contribution in [0.15, 0.2) is 24.3 Å². The molecule has 0 saturated carbocycles. The van der Waals surface area contributed by atoms with Crippen molar-refractivity contribution in [3.63, 3.8) is 0 Å². The van der Waals surface area contributed by atoms with Gasteiger partial charge in [-0.15, -0.1) is 0 Å². The Bertz CT molecular complexity index is 562. The zero-order chi connectivity index (χ0) is 19.2. The van der Waals surface area contributed by atoms with Gasteiger partial charge in [-0.05, 0) is 50.5 Å². The minimum Gasteiger partial charge on any atom is -0.466 e. The van der Waals surface area contributed by atoms with Gasteiger partial charge in [-0.2, -0.15) is 0 Å². The molecule has 5 nitrogen and oxygen atoms in total. The summed E-state index contributed by atoms with van der Waals surface area (Å²) in [5.74, 6) is 0.0980. The van der Waals surface area contributed by atoms with Crippen molar-refractivity contribution in [2.24, 2.45) is 0 Å². The van der Waals surface area contributed by atoms with E-state index in [1.165, 1.54) is 6.92 Å². The Labute approximate surface area is 156 Å². The van der Waals surface area contributed by atoms with Crippen molar-refractivity contribution >= 4 is 17.7 Å². The lowest BCUT2D eigenvalue weighted by molar-refractivity contribution is -0.143. The molecule has 1 aromatic carbocycles. The van der Waals surface area contributed by atoms with Crippen molar-refractivity contribution in [3.05, 3.63) is 29.8 Å². The molecule has 0 bridgehead atoms. The first-order chi connectivity index (χ1) is 12.5. The molecule has 0 N–H and O–H groups in total. The minimum absolute atomic E-state index is 0.0132. The summed E-state index contributed by atoms with van der Waals surface area (Å²) in [6, 6.07) is 6.59. The Hall–Kier alpha value is -2.17. The number of hydrogen-bond donors (Lipinski definition) is 0. The van der Waals surface area contributed by atoms with E-state index in [-0.39, 0.29) is 17.7 Å². The fourth-order valence-electron chi connectivity index (χ4n) is 2.47. The monoisotopic (exact) mass is 362 g/mol. The first kappa shape index (κ1) is 21.9. The molecule has 0 spiro atoms. The highest BCUT2D eigenvalue weighted by Gasteiger charge is 2.06. The third-order valence-electron chi connectivity index (χ3n) is 3.97. The van der Waals surface area contributed by atoms with Gasteiger partial charge in [0, 0.05) is 18.4 Å². The third kappa shape index (κ3) is 9.97. The van der Waals surface area contributed by atoms with E-state index < -0.39 is 0 Å².